The second kappa shape index (κ2) is 26.8. The third kappa shape index (κ3) is 24.3. The summed E-state index contributed by atoms with van der Waals surface area (Å²) >= 11 is 0. The minimum atomic E-state index is -1.77. The number of esters is 1. The van der Waals surface area contributed by atoms with Crippen molar-refractivity contribution in [2.24, 2.45) is 0 Å². The predicted octanol–water partition coefficient (Wildman–Crippen LogP) is 14.3. The van der Waals surface area contributed by atoms with Crippen molar-refractivity contribution in [3.05, 3.63) is 11.6 Å². The molecule has 0 aromatic heterocycles. The molecule has 0 amide bonds. The Balaban J connectivity index is 1.46. The van der Waals surface area contributed by atoms with Crippen LogP contribution < -0.4 is 0 Å². The molecule has 0 aliphatic carbocycles. The zero-order valence-electron chi connectivity index (χ0n) is 42.3. The van der Waals surface area contributed by atoms with Crippen molar-refractivity contribution in [3.63, 3.8) is 0 Å². The van der Waals surface area contributed by atoms with Gasteiger partial charge in [-0.1, -0.05) is 77.6 Å². The Labute approximate surface area is 381 Å². The van der Waals surface area contributed by atoms with Gasteiger partial charge in [-0.2, -0.15) is 0 Å². The third-order valence-corrected chi connectivity index (χ3v) is 16.2. The quantitative estimate of drug-likeness (QED) is 0.0366. The SMILES string of the molecule is CCCCC[C@@H](CCCC[C@H](O[Si](C)(C)C)[C@H]1CC[C@H]([C@H]2CC[C@H]([C@@H](CCCC[C@@H](CCCCCCCC3=C[C@H](C)OC3=O)O[Si](C)(C)C)O[Si](C)(C)C)O2)O1)O[Si](C)(C)C. The van der Waals surface area contributed by atoms with E-state index in [1.807, 2.05) is 13.0 Å². The Bertz CT molecular complexity index is 1250. The lowest BCUT2D eigenvalue weighted by Gasteiger charge is -2.33. The maximum Gasteiger partial charge on any atom is 0.334 e. The maximum atomic E-state index is 11.9. The highest BCUT2D eigenvalue weighted by atomic mass is 28.4. The molecule has 8 nitrogen and oxygen atoms in total. The minimum Gasteiger partial charge on any atom is -0.455 e. The highest BCUT2D eigenvalue weighted by molar-refractivity contribution is 6.70. The van der Waals surface area contributed by atoms with E-state index in [1.54, 1.807) is 0 Å². The van der Waals surface area contributed by atoms with Crippen molar-refractivity contribution >= 4 is 39.2 Å². The molecule has 2 fully saturated rings. The van der Waals surface area contributed by atoms with E-state index >= 15 is 0 Å². The van der Waals surface area contributed by atoms with Crippen molar-refractivity contribution in [1.82, 2.24) is 0 Å². The normalized spacial score (nSPS) is 24.9. The molecule has 3 aliphatic heterocycles. The average Bonchev–Trinajstić information content (AvgIpc) is 3.88. The van der Waals surface area contributed by atoms with Crippen molar-refractivity contribution in [2.45, 2.75) is 295 Å². The van der Waals surface area contributed by atoms with Gasteiger partial charge in [0.15, 0.2) is 33.3 Å². The second-order valence-corrected chi connectivity index (χ2v) is 40.8. The van der Waals surface area contributed by atoms with E-state index in [1.165, 1.54) is 57.8 Å². The zero-order valence-corrected chi connectivity index (χ0v) is 46.3. The van der Waals surface area contributed by atoms with Crippen LogP contribution in [0.5, 0.6) is 0 Å². The van der Waals surface area contributed by atoms with Crippen molar-refractivity contribution in [1.29, 1.82) is 0 Å². The van der Waals surface area contributed by atoms with Crippen LogP contribution in [0, 0.1) is 0 Å². The molecule has 0 aromatic rings. The van der Waals surface area contributed by atoms with E-state index in [2.05, 4.69) is 85.5 Å². The first-order valence-corrected chi connectivity index (χ1v) is 39.1. The van der Waals surface area contributed by atoms with Gasteiger partial charge in [0.2, 0.25) is 0 Å². The summed E-state index contributed by atoms with van der Waals surface area (Å²) in [6.07, 6.45) is 29.8. The fraction of sp³-hybridized carbons (Fsp3) is 0.939. The summed E-state index contributed by atoms with van der Waals surface area (Å²) in [4.78, 5) is 11.9. The van der Waals surface area contributed by atoms with E-state index in [0.717, 1.165) is 95.5 Å². The zero-order chi connectivity index (χ0) is 45.3. The van der Waals surface area contributed by atoms with Crippen LogP contribution in [0.15, 0.2) is 11.6 Å². The van der Waals surface area contributed by atoms with Gasteiger partial charge in [-0.25, -0.2) is 4.79 Å². The van der Waals surface area contributed by atoms with E-state index in [-0.39, 0.29) is 48.7 Å². The lowest BCUT2D eigenvalue weighted by Crippen LogP contribution is -2.41. The molecule has 0 radical (unpaired) electrons. The Morgan fingerprint density at radius 2 is 0.902 bits per heavy atom. The summed E-state index contributed by atoms with van der Waals surface area (Å²) in [6.45, 7) is 32.1. The number of unbranched alkanes of at least 4 members (excludes halogenated alkanes) is 8. The lowest BCUT2D eigenvalue weighted by atomic mass is 9.99. The van der Waals surface area contributed by atoms with E-state index < -0.39 is 33.3 Å². The molecule has 3 rings (SSSR count). The highest BCUT2D eigenvalue weighted by Crippen LogP contribution is 2.37. The van der Waals surface area contributed by atoms with E-state index in [0.29, 0.717) is 12.2 Å². The molecule has 3 aliphatic rings. The molecule has 0 unspecified atom stereocenters. The van der Waals surface area contributed by atoms with E-state index in [4.69, 9.17) is 31.9 Å². The van der Waals surface area contributed by atoms with Crippen LogP contribution >= 0.6 is 0 Å². The summed E-state index contributed by atoms with van der Waals surface area (Å²) in [7, 11) is -6.72. The van der Waals surface area contributed by atoms with Gasteiger partial charge in [-0.15, -0.1) is 0 Å². The molecular weight excluding hydrogens is 829 g/mol. The van der Waals surface area contributed by atoms with Crippen LogP contribution in [0.3, 0.4) is 0 Å². The number of cyclic esters (lactones) is 1. The van der Waals surface area contributed by atoms with Crippen molar-refractivity contribution in [3.8, 4) is 0 Å². The average molecular weight is 928 g/mol. The Hall–Kier alpha value is -0.162. The number of carbonyl (C=O) groups excluding carboxylic acids is 1. The molecule has 3 heterocycles. The molecule has 0 N–H and O–H groups in total. The number of hydrogen-bond acceptors (Lipinski definition) is 8. The van der Waals surface area contributed by atoms with Gasteiger partial charge in [-0.3, -0.25) is 0 Å². The van der Waals surface area contributed by atoms with Gasteiger partial charge >= 0.3 is 5.97 Å². The summed E-state index contributed by atoms with van der Waals surface area (Å²) < 4.78 is 46.3. The third-order valence-electron chi connectivity index (χ3n) is 12.1. The van der Waals surface area contributed by atoms with Gasteiger partial charge in [0.25, 0.3) is 0 Å². The molecule has 2 saturated heterocycles. The minimum absolute atomic E-state index is 0.0629. The van der Waals surface area contributed by atoms with Gasteiger partial charge < -0.3 is 31.9 Å². The molecule has 12 heteroatoms. The fourth-order valence-corrected chi connectivity index (χ4v) is 14.5. The number of carbonyl (C=O) groups is 1. The molecule has 0 saturated carbocycles. The van der Waals surface area contributed by atoms with Crippen LogP contribution in [-0.4, -0.2) is 94.2 Å². The summed E-state index contributed by atoms with van der Waals surface area (Å²) in [5.74, 6) is -0.118. The maximum absolute atomic E-state index is 11.9. The van der Waals surface area contributed by atoms with E-state index in [9.17, 15) is 4.79 Å². The standard InChI is InChI=1S/C49H98O8Si4/c1-15-16-20-28-41(54-58(3,4)5)30-23-25-32-47(56-60(9,10)11)45-36-34-43(52-45)44-35-37-46(53-44)48(57-61(12,13)14)33-26-24-31-42(55-59(6,7)8)29-22-19-17-18-21-27-40-38-39(2)51-49(40)50/h38-39,41-48H,15-37H2,1-14H3/t39-,41-,42+,43+,44+,45+,46+,47-,48+/m0/s1. The van der Waals surface area contributed by atoms with Crippen LogP contribution in [-0.2, 0) is 36.7 Å². The molecule has 0 bridgehead atoms. The van der Waals surface area contributed by atoms with Crippen LogP contribution in [0.4, 0.5) is 0 Å². The number of hydrogen-bond donors (Lipinski definition) is 0. The Kier molecular flexibility index (Phi) is 24.3. The van der Waals surface area contributed by atoms with Gasteiger partial charge in [-0.05, 0) is 169 Å². The molecule has 0 spiro atoms. The van der Waals surface area contributed by atoms with Crippen LogP contribution in [0.2, 0.25) is 78.6 Å². The summed E-state index contributed by atoms with van der Waals surface area (Å²) in [5.41, 5.74) is 0.868. The Morgan fingerprint density at radius 3 is 1.30 bits per heavy atom. The monoisotopic (exact) mass is 927 g/mol. The molecule has 9 atom stereocenters. The largest absolute Gasteiger partial charge is 0.455 e. The molecular formula is C49H98O8Si4. The van der Waals surface area contributed by atoms with Gasteiger partial charge in [0.05, 0.1) is 36.6 Å². The lowest BCUT2D eigenvalue weighted by molar-refractivity contribution is -0.139. The topological polar surface area (TPSA) is 81.7 Å². The second-order valence-electron chi connectivity index (χ2n) is 23.0. The van der Waals surface area contributed by atoms with Crippen molar-refractivity contribution < 1.29 is 36.7 Å². The molecule has 358 valence electrons. The van der Waals surface area contributed by atoms with Gasteiger partial charge in [0.1, 0.15) is 6.10 Å². The van der Waals surface area contributed by atoms with Crippen LogP contribution in [0.25, 0.3) is 0 Å². The first kappa shape index (κ1) is 55.2. The number of rotatable bonds is 33. The first-order chi connectivity index (χ1) is 28.5. The summed E-state index contributed by atoms with van der Waals surface area (Å²) in [5, 5.41) is 0. The fourth-order valence-electron chi connectivity index (χ4n) is 9.64. The smallest absolute Gasteiger partial charge is 0.334 e. The van der Waals surface area contributed by atoms with Crippen molar-refractivity contribution in [2.75, 3.05) is 0 Å². The predicted molar refractivity (Wildman–Crippen MR) is 266 cm³/mol. The summed E-state index contributed by atoms with van der Waals surface area (Å²) in [6, 6.07) is 0. The van der Waals surface area contributed by atoms with Crippen LogP contribution in [0.1, 0.15) is 162 Å². The molecule has 0 aromatic carbocycles. The molecule has 61 heavy (non-hydrogen) atoms. The highest BCUT2D eigenvalue weighted by Gasteiger charge is 2.43. The first-order valence-electron chi connectivity index (χ1n) is 25.4. The van der Waals surface area contributed by atoms with Gasteiger partial charge in [0, 0.05) is 17.8 Å². The Morgan fingerprint density at radius 1 is 0.525 bits per heavy atom. The number of ether oxygens (including phenoxy) is 3.